The Kier molecular flexibility index (Phi) is 5.34. The van der Waals surface area contributed by atoms with Crippen LogP contribution in [0.5, 0.6) is 0 Å². The summed E-state index contributed by atoms with van der Waals surface area (Å²) in [4.78, 5) is 24.9. The van der Waals surface area contributed by atoms with Gasteiger partial charge in [-0.3, -0.25) is 4.79 Å². The van der Waals surface area contributed by atoms with E-state index in [-0.39, 0.29) is 23.1 Å². The molecule has 0 spiro atoms. The van der Waals surface area contributed by atoms with E-state index in [1.165, 1.54) is 19.8 Å². The number of likely N-dealkylation sites (tertiary alicyclic amines) is 1. The molecule has 1 atom stereocenters. The maximum atomic E-state index is 11.8. The van der Waals surface area contributed by atoms with Crippen molar-refractivity contribution >= 4 is 11.9 Å². The van der Waals surface area contributed by atoms with Crippen LogP contribution in [0.3, 0.4) is 0 Å². The fourth-order valence-electron chi connectivity index (χ4n) is 2.06. The number of carbonyl (C=O) groups is 2. The molecule has 1 rings (SSSR count). The van der Waals surface area contributed by atoms with Crippen LogP contribution < -0.4 is 5.32 Å². The lowest BCUT2D eigenvalue weighted by molar-refractivity contribution is -0.133. The quantitative estimate of drug-likeness (QED) is 0.718. The first kappa shape index (κ1) is 14.7. The number of aliphatic carboxylic acids is 1. The molecule has 0 aromatic rings. The van der Waals surface area contributed by atoms with Crippen molar-refractivity contribution < 1.29 is 14.7 Å². The highest BCUT2D eigenvalue weighted by molar-refractivity contribution is 6.01. The summed E-state index contributed by atoms with van der Waals surface area (Å²) in [5.41, 5.74) is 0.372. The minimum Gasteiger partial charge on any atom is -0.478 e. The van der Waals surface area contributed by atoms with Crippen molar-refractivity contribution in [3.63, 3.8) is 0 Å². The monoisotopic (exact) mass is 254 g/mol. The first-order valence-corrected chi connectivity index (χ1v) is 6.35. The van der Waals surface area contributed by atoms with Crippen molar-refractivity contribution in [2.75, 3.05) is 19.6 Å². The van der Waals surface area contributed by atoms with Crippen LogP contribution >= 0.6 is 0 Å². The third-order valence-electron chi connectivity index (χ3n) is 3.33. The number of carbonyl (C=O) groups excluding carboxylic acids is 1. The van der Waals surface area contributed by atoms with Gasteiger partial charge in [0.2, 0.25) is 5.91 Å². The number of nitrogens with zero attached hydrogens (tertiary/aromatic N) is 1. The summed E-state index contributed by atoms with van der Waals surface area (Å²) < 4.78 is 0. The van der Waals surface area contributed by atoms with E-state index < -0.39 is 5.97 Å². The molecule has 0 bridgehead atoms. The van der Waals surface area contributed by atoms with Crippen molar-refractivity contribution in [3.05, 3.63) is 11.1 Å². The zero-order valence-corrected chi connectivity index (χ0v) is 11.3. The Hall–Kier alpha value is -1.36. The van der Waals surface area contributed by atoms with E-state index in [9.17, 15) is 9.59 Å². The molecule has 2 N–H and O–H groups in total. The van der Waals surface area contributed by atoms with Gasteiger partial charge in [0.25, 0.3) is 0 Å². The molecule has 0 aromatic heterocycles. The lowest BCUT2D eigenvalue weighted by atomic mass is 10.1. The maximum absolute atomic E-state index is 11.8. The molecule has 1 amide bonds. The van der Waals surface area contributed by atoms with Crippen molar-refractivity contribution in [1.82, 2.24) is 10.2 Å². The molecule has 0 saturated carbocycles. The lowest BCUT2D eigenvalue weighted by Gasteiger charge is -2.21. The van der Waals surface area contributed by atoms with Crippen LogP contribution in [-0.2, 0) is 9.59 Å². The fourth-order valence-corrected chi connectivity index (χ4v) is 2.06. The molecule has 5 heteroatoms. The zero-order valence-electron chi connectivity index (χ0n) is 11.3. The molecule has 1 saturated heterocycles. The molecule has 102 valence electrons. The SMILES string of the molecule is CC(C(=O)O)=C(C)C(=O)NC(C)CN1CCCC1. The topological polar surface area (TPSA) is 69.6 Å². The van der Waals surface area contributed by atoms with Gasteiger partial charge in [0.1, 0.15) is 0 Å². The summed E-state index contributed by atoms with van der Waals surface area (Å²) in [6.45, 7) is 7.93. The Balaban J connectivity index is 2.48. The Morgan fingerprint density at radius 3 is 2.28 bits per heavy atom. The number of carboxylic acids is 1. The molecule has 1 heterocycles. The highest BCUT2D eigenvalue weighted by Crippen LogP contribution is 2.08. The predicted octanol–water partition coefficient (Wildman–Crippen LogP) is 1.01. The second kappa shape index (κ2) is 6.54. The summed E-state index contributed by atoms with van der Waals surface area (Å²) >= 11 is 0. The van der Waals surface area contributed by atoms with Crippen LogP contribution in [0.15, 0.2) is 11.1 Å². The van der Waals surface area contributed by atoms with Gasteiger partial charge in [-0.25, -0.2) is 4.79 Å². The van der Waals surface area contributed by atoms with Gasteiger partial charge in [0, 0.05) is 23.7 Å². The number of nitrogens with one attached hydrogen (secondary N) is 1. The highest BCUT2D eigenvalue weighted by atomic mass is 16.4. The summed E-state index contributed by atoms with van der Waals surface area (Å²) in [6.07, 6.45) is 2.44. The van der Waals surface area contributed by atoms with Gasteiger partial charge in [0.15, 0.2) is 0 Å². The summed E-state index contributed by atoms with van der Waals surface area (Å²) in [6, 6.07) is 0.0344. The largest absolute Gasteiger partial charge is 0.478 e. The van der Waals surface area contributed by atoms with Gasteiger partial charge < -0.3 is 15.3 Å². The van der Waals surface area contributed by atoms with E-state index in [0.29, 0.717) is 0 Å². The van der Waals surface area contributed by atoms with Crippen molar-refractivity contribution in [2.45, 2.75) is 39.7 Å². The molecule has 0 radical (unpaired) electrons. The molecule has 1 aliphatic rings. The second-order valence-electron chi connectivity index (χ2n) is 4.94. The van der Waals surface area contributed by atoms with E-state index in [0.717, 1.165) is 19.6 Å². The van der Waals surface area contributed by atoms with Crippen LogP contribution in [0.4, 0.5) is 0 Å². The van der Waals surface area contributed by atoms with Crippen LogP contribution in [0.2, 0.25) is 0 Å². The summed E-state index contributed by atoms with van der Waals surface area (Å²) in [5.74, 6) is -1.34. The van der Waals surface area contributed by atoms with Crippen LogP contribution in [0.25, 0.3) is 0 Å². The van der Waals surface area contributed by atoms with Crippen LogP contribution in [0, 0.1) is 0 Å². The second-order valence-corrected chi connectivity index (χ2v) is 4.94. The molecular weight excluding hydrogens is 232 g/mol. The average Bonchev–Trinajstić information content (AvgIpc) is 2.79. The van der Waals surface area contributed by atoms with E-state index in [4.69, 9.17) is 5.11 Å². The number of carboxylic acid groups (broad SMARTS) is 1. The number of hydrogen-bond donors (Lipinski definition) is 2. The van der Waals surface area contributed by atoms with E-state index >= 15 is 0 Å². The first-order valence-electron chi connectivity index (χ1n) is 6.35. The maximum Gasteiger partial charge on any atom is 0.331 e. The van der Waals surface area contributed by atoms with Crippen molar-refractivity contribution in [1.29, 1.82) is 0 Å². The Morgan fingerprint density at radius 1 is 1.22 bits per heavy atom. The minimum atomic E-state index is -1.05. The first-order chi connectivity index (χ1) is 8.41. The number of amides is 1. The normalized spacial score (nSPS) is 19.3. The van der Waals surface area contributed by atoms with Gasteiger partial charge in [-0.2, -0.15) is 0 Å². The molecule has 0 aliphatic carbocycles. The molecule has 0 aromatic carbocycles. The molecule has 1 aliphatic heterocycles. The Bertz CT molecular complexity index is 357. The summed E-state index contributed by atoms with van der Waals surface area (Å²) in [7, 11) is 0. The summed E-state index contributed by atoms with van der Waals surface area (Å²) in [5, 5.41) is 11.7. The molecule has 5 nitrogen and oxygen atoms in total. The van der Waals surface area contributed by atoms with E-state index in [2.05, 4.69) is 10.2 Å². The van der Waals surface area contributed by atoms with Crippen LogP contribution in [-0.4, -0.2) is 47.6 Å². The molecule has 18 heavy (non-hydrogen) atoms. The van der Waals surface area contributed by atoms with Gasteiger partial charge in [-0.1, -0.05) is 0 Å². The van der Waals surface area contributed by atoms with Crippen molar-refractivity contribution in [2.24, 2.45) is 0 Å². The smallest absolute Gasteiger partial charge is 0.331 e. The Morgan fingerprint density at radius 2 is 1.78 bits per heavy atom. The third kappa shape index (κ3) is 4.14. The van der Waals surface area contributed by atoms with Gasteiger partial charge in [-0.05, 0) is 46.7 Å². The van der Waals surface area contributed by atoms with E-state index in [1.54, 1.807) is 6.92 Å². The standard InChI is InChI=1S/C13H22N2O3/c1-9(8-15-6-4-5-7-15)14-12(16)10(2)11(3)13(17)18/h9H,4-8H2,1-3H3,(H,14,16)(H,17,18). The number of hydrogen-bond acceptors (Lipinski definition) is 3. The van der Waals surface area contributed by atoms with Gasteiger partial charge >= 0.3 is 5.97 Å². The molecular formula is C13H22N2O3. The number of rotatable bonds is 5. The van der Waals surface area contributed by atoms with Gasteiger partial charge in [0.05, 0.1) is 0 Å². The highest BCUT2D eigenvalue weighted by Gasteiger charge is 2.18. The van der Waals surface area contributed by atoms with E-state index in [1.807, 2.05) is 6.92 Å². The van der Waals surface area contributed by atoms with Gasteiger partial charge in [-0.15, -0.1) is 0 Å². The zero-order chi connectivity index (χ0) is 13.7. The van der Waals surface area contributed by atoms with Crippen molar-refractivity contribution in [3.8, 4) is 0 Å². The third-order valence-corrected chi connectivity index (χ3v) is 3.33. The van der Waals surface area contributed by atoms with Crippen LogP contribution in [0.1, 0.15) is 33.6 Å². The predicted molar refractivity (Wildman–Crippen MR) is 69.3 cm³/mol. The molecule has 1 unspecified atom stereocenters. The molecule has 1 fully saturated rings. The minimum absolute atomic E-state index is 0.0344. The lowest BCUT2D eigenvalue weighted by Crippen LogP contribution is -2.41. The fraction of sp³-hybridized carbons (Fsp3) is 0.692. The average molecular weight is 254 g/mol. The Labute approximate surface area is 108 Å².